The molecule has 1 atom stereocenters. The monoisotopic (exact) mass is 326 g/mol. The van der Waals surface area contributed by atoms with Crippen LogP contribution in [-0.4, -0.2) is 31.5 Å². The largest absolute Gasteiger partial charge is 0.348 e. The van der Waals surface area contributed by atoms with E-state index in [1.807, 2.05) is 18.2 Å². The molecule has 2 heterocycles. The van der Waals surface area contributed by atoms with Crippen LogP contribution in [0.2, 0.25) is 0 Å². The molecule has 7 heteroatoms. The molecule has 3 rings (SSSR count). The highest BCUT2D eigenvalue weighted by molar-refractivity contribution is 5.96. The van der Waals surface area contributed by atoms with Crippen molar-refractivity contribution in [1.29, 1.82) is 0 Å². The SMILES string of the molecule is CCc1nc2cc(NC(=O)[C@@H](N)Cc3cnc[nH]3)ccc2n1CC. The molecular weight excluding hydrogens is 304 g/mol. The first-order valence-electron chi connectivity index (χ1n) is 8.15. The van der Waals surface area contributed by atoms with Crippen molar-refractivity contribution in [3.05, 3.63) is 42.2 Å². The smallest absolute Gasteiger partial charge is 0.241 e. The molecule has 0 aliphatic heterocycles. The molecule has 24 heavy (non-hydrogen) atoms. The number of H-pyrrole nitrogens is 1. The van der Waals surface area contributed by atoms with Gasteiger partial charge in [0.2, 0.25) is 5.91 Å². The highest BCUT2D eigenvalue weighted by Gasteiger charge is 2.16. The van der Waals surface area contributed by atoms with E-state index in [2.05, 4.69) is 38.7 Å². The standard InChI is InChI=1S/C17H22N6O/c1-3-16-22-14-8-11(5-6-15(14)23(16)4-2)21-17(24)13(18)7-12-9-19-10-20-12/h5-6,8-10,13H,3-4,7,18H2,1-2H3,(H,19,20)(H,21,24)/t13-/m0/s1. The summed E-state index contributed by atoms with van der Waals surface area (Å²) in [7, 11) is 0. The topological polar surface area (TPSA) is 102 Å². The molecule has 0 saturated heterocycles. The van der Waals surface area contributed by atoms with E-state index in [1.54, 1.807) is 12.5 Å². The van der Waals surface area contributed by atoms with Gasteiger partial charge in [-0.25, -0.2) is 9.97 Å². The van der Waals surface area contributed by atoms with Crippen LogP contribution >= 0.6 is 0 Å². The number of nitrogens with two attached hydrogens (primary N) is 1. The zero-order chi connectivity index (χ0) is 17.1. The number of nitrogens with one attached hydrogen (secondary N) is 2. The highest BCUT2D eigenvalue weighted by atomic mass is 16.2. The van der Waals surface area contributed by atoms with E-state index in [0.717, 1.165) is 35.5 Å². The molecule has 0 spiro atoms. The van der Waals surface area contributed by atoms with Gasteiger partial charge in [0.1, 0.15) is 5.82 Å². The van der Waals surface area contributed by atoms with E-state index in [-0.39, 0.29) is 5.91 Å². The van der Waals surface area contributed by atoms with Crippen molar-refractivity contribution in [3.63, 3.8) is 0 Å². The van der Waals surface area contributed by atoms with Gasteiger partial charge in [-0.15, -0.1) is 0 Å². The lowest BCUT2D eigenvalue weighted by Crippen LogP contribution is -2.37. The summed E-state index contributed by atoms with van der Waals surface area (Å²) in [6.07, 6.45) is 4.53. The van der Waals surface area contributed by atoms with Gasteiger partial charge in [-0.05, 0) is 25.1 Å². The summed E-state index contributed by atoms with van der Waals surface area (Å²) < 4.78 is 2.19. The maximum Gasteiger partial charge on any atom is 0.241 e. The van der Waals surface area contributed by atoms with Crippen molar-refractivity contribution < 1.29 is 4.79 Å². The summed E-state index contributed by atoms with van der Waals surface area (Å²) in [5.74, 6) is 0.821. The number of fused-ring (bicyclic) bond motifs is 1. The van der Waals surface area contributed by atoms with Crippen LogP contribution in [0.3, 0.4) is 0 Å². The van der Waals surface area contributed by atoms with Gasteiger partial charge >= 0.3 is 0 Å². The van der Waals surface area contributed by atoms with E-state index in [9.17, 15) is 4.79 Å². The predicted molar refractivity (Wildman–Crippen MR) is 93.7 cm³/mol. The second-order valence-corrected chi connectivity index (χ2v) is 5.71. The average molecular weight is 326 g/mol. The van der Waals surface area contributed by atoms with Crippen molar-refractivity contribution in [2.75, 3.05) is 5.32 Å². The second kappa shape index (κ2) is 6.84. The maximum absolute atomic E-state index is 12.3. The third kappa shape index (κ3) is 3.16. The van der Waals surface area contributed by atoms with Gasteiger partial charge in [0, 0.05) is 37.0 Å². The molecule has 3 aromatic rings. The minimum atomic E-state index is -0.638. The molecule has 0 aliphatic carbocycles. The molecule has 126 valence electrons. The molecule has 0 aliphatic rings. The number of aryl methyl sites for hydroxylation is 2. The Labute approximate surface area is 140 Å². The van der Waals surface area contributed by atoms with Crippen LogP contribution in [0.4, 0.5) is 5.69 Å². The van der Waals surface area contributed by atoms with Crippen LogP contribution in [-0.2, 0) is 24.2 Å². The molecule has 0 bridgehead atoms. The molecule has 0 fully saturated rings. The Bertz CT molecular complexity index is 836. The molecule has 0 saturated carbocycles. The fourth-order valence-electron chi connectivity index (χ4n) is 2.84. The number of imidazole rings is 2. The molecule has 0 unspecified atom stereocenters. The van der Waals surface area contributed by atoms with E-state index in [1.165, 1.54) is 0 Å². The Kier molecular flexibility index (Phi) is 4.61. The van der Waals surface area contributed by atoms with Crippen LogP contribution < -0.4 is 11.1 Å². The predicted octanol–water partition coefficient (Wildman–Crippen LogP) is 1.85. The number of nitrogens with zero attached hydrogens (tertiary/aromatic N) is 3. The number of aromatic amines is 1. The minimum absolute atomic E-state index is 0.227. The number of aromatic nitrogens is 4. The van der Waals surface area contributed by atoms with E-state index in [0.29, 0.717) is 12.1 Å². The minimum Gasteiger partial charge on any atom is -0.348 e. The first-order chi connectivity index (χ1) is 11.6. The van der Waals surface area contributed by atoms with E-state index in [4.69, 9.17) is 5.73 Å². The Morgan fingerprint density at radius 2 is 2.25 bits per heavy atom. The zero-order valence-corrected chi connectivity index (χ0v) is 13.9. The molecule has 1 aromatic carbocycles. The highest BCUT2D eigenvalue weighted by Crippen LogP contribution is 2.21. The quantitative estimate of drug-likeness (QED) is 0.643. The number of anilines is 1. The maximum atomic E-state index is 12.3. The summed E-state index contributed by atoms with van der Waals surface area (Å²) in [5, 5.41) is 2.86. The van der Waals surface area contributed by atoms with Crippen molar-refractivity contribution >= 4 is 22.6 Å². The number of carbonyl (C=O) groups is 1. The van der Waals surface area contributed by atoms with Crippen LogP contribution in [0.1, 0.15) is 25.4 Å². The summed E-state index contributed by atoms with van der Waals surface area (Å²) in [4.78, 5) is 23.8. The van der Waals surface area contributed by atoms with Gasteiger partial charge in [0.15, 0.2) is 0 Å². The summed E-state index contributed by atoms with van der Waals surface area (Å²) in [5.41, 5.74) is 9.46. The van der Waals surface area contributed by atoms with Crippen molar-refractivity contribution in [1.82, 2.24) is 19.5 Å². The first-order valence-corrected chi connectivity index (χ1v) is 8.15. The summed E-state index contributed by atoms with van der Waals surface area (Å²) in [6.45, 7) is 5.06. The fraction of sp³-hybridized carbons (Fsp3) is 0.353. The third-order valence-electron chi connectivity index (χ3n) is 4.06. The lowest BCUT2D eigenvalue weighted by Gasteiger charge is -2.11. The van der Waals surface area contributed by atoms with Gasteiger partial charge in [-0.2, -0.15) is 0 Å². The van der Waals surface area contributed by atoms with Gasteiger partial charge in [-0.3, -0.25) is 4.79 Å². The van der Waals surface area contributed by atoms with Crippen LogP contribution in [0.5, 0.6) is 0 Å². The van der Waals surface area contributed by atoms with Gasteiger partial charge in [-0.1, -0.05) is 6.92 Å². The van der Waals surface area contributed by atoms with Crippen molar-refractivity contribution in [2.24, 2.45) is 5.73 Å². The van der Waals surface area contributed by atoms with Crippen LogP contribution in [0.15, 0.2) is 30.7 Å². The second-order valence-electron chi connectivity index (χ2n) is 5.71. The summed E-state index contributed by atoms with van der Waals surface area (Å²) in [6, 6.07) is 5.12. The molecular formula is C17H22N6O. The zero-order valence-electron chi connectivity index (χ0n) is 13.9. The lowest BCUT2D eigenvalue weighted by molar-refractivity contribution is -0.117. The first kappa shape index (κ1) is 16.2. The van der Waals surface area contributed by atoms with Gasteiger partial charge in [0.25, 0.3) is 0 Å². The number of benzene rings is 1. The van der Waals surface area contributed by atoms with Gasteiger partial charge in [0.05, 0.1) is 23.4 Å². The molecule has 1 amide bonds. The average Bonchev–Trinajstić information content (AvgIpc) is 3.20. The number of amides is 1. The number of carbonyl (C=O) groups excluding carboxylic acids is 1. The number of hydrogen-bond acceptors (Lipinski definition) is 4. The van der Waals surface area contributed by atoms with Crippen molar-refractivity contribution in [3.8, 4) is 0 Å². The Hall–Kier alpha value is -2.67. The molecule has 7 nitrogen and oxygen atoms in total. The van der Waals surface area contributed by atoms with Crippen LogP contribution in [0, 0.1) is 0 Å². The number of hydrogen-bond donors (Lipinski definition) is 3. The van der Waals surface area contributed by atoms with E-state index < -0.39 is 6.04 Å². The van der Waals surface area contributed by atoms with Gasteiger partial charge < -0.3 is 20.6 Å². The molecule has 2 aromatic heterocycles. The van der Waals surface area contributed by atoms with Crippen molar-refractivity contribution in [2.45, 2.75) is 39.3 Å². The third-order valence-corrected chi connectivity index (χ3v) is 4.06. The Morgan fingerprint density at radius 1 is 1.42 bits per heavy atom. The van der Waals surface area contributed by atoms with E-state index >= 15 is 0 Å². The fourth-order valence-corrected chi connectivity index (χ4v) is 2.84. The number of rotatable bonds is 6. The lowest BCUT2D eigenvalue weighted by atomic mass is 10.1. The Morgan fingerprint density at radius 3 is 2.92 bits per heavy atom. The molecule has 0 radical (unpaired) electrons. The summed E-state index contributed by atoms with van der Waals surface area (Å²) >= 11 is 0. The normalized spacial score (nSPS) is 12.5. The van der Waals surface area contributed by atoms with Crippen LogP contribution in [0.25, 0.3) is 11.0 Å². The Balaban J connectivity index is 1.76. The molecule has 4 N–H and O–H groups in total.